The van der Waals surface area contributed by atoms with Crippen LogP contribution < -0.4 is 10.2 Å². The van der Waals surface area contributed by atoms with Crippen LogP contribution in [0.1, 0.15) is 12.5 Å². The Kier molecular flexibility index (Phi) is 6.23. The van der Waals surface area contributed by atoms with Crippen molar-refractivity contribution in [3.8, 4) is 0 Å². The lowest BCUT2D eigenvalue weighted by atomic mass is 10.1. The highest BCUT2D eigenvalue weighted by atomic mass is 35.5. The third-order valence-corrected chi connectivity index (χ3v) is 4.60. The largest absolute Gasteiger partial charge is 0.326 e. The Morgan fingerprint density at radius 2 is 1.71 bits per heavy atom. The quantitative estimate of drug-likeness (QED) is 0.658. The minimum absolute atomic E-state index is 0.0247. The van der Waals surface area contributed by atoms with Crippen LogP contribution in [-0.2, 0) is 16.0 Å². The van der Waals surface area contributed by atoms with Gasteiger partial charge in [-0.3, -0.25) is 19.5 Å². The van der Waals surface area contributed by atoms with Gasteiger partial charge in [-0.05, 0) is 35.9 Å². The number of hydrogen-bond acceptors (Lipinski definition) is 4. The number of nitrogens with zero attached hydrogens (tertiary/aromatic N) is 3. The van der Waals surface area contributed by atoms with Gasteiger partial charge in [0.25, 0.3) is 0 Å². The molecule has 8 heteroatoms. The van der Waals surface area contributed by atoms with E-state index in [-0.39, 0.29) is 18.2 Å². The Balaban J connectivity index is 1.81. The fourth-order valence-electron chi connectivity index (χ4n) is 2.65. The summed E-state index contributed by atoms with van der Waals surface area (Å²) in [6.45, 7) is 1.44. The van der Waals surface area contributed by atoms with E-state index in [0.29, 0.717) is 32.8 Å². The molecule has 3 rings (SSSR count). The van der Waals surface area contributed by atoms with Crippen LogP contribution in [0.3, 0.4) is 0 Å². The average Bonchev–Trinajstić information content (AvgIpc) is 2.66. The number of anilines is 3. The van der Waals surface area contributed by atoms with E-state index in [1.54, 1.807) is 54.9 Å². The molecule has 2 amide bonds. The van der Waals surface area contributed by atoms with E-state index in [4.69, 9.17) is 23.2 Å². The third kappa shape index (κ3) is 4.65. The van der Waals surface area contributed by atoms with E-state index in [0.717, 1.165) is 0 Å². The highest BCUT2D eigenvalue weighted by Gasteiger charge is 2.17. The van der Waals surface area contributed by atoms with Crippen molar-refractivity contribution >= 4 is 52.2 Å². The summed E-state index contributed by atoms with van der Waals surface area (Å²) >= 11 is 12.2. The Labute approximate surface area is 172 Å². The number of rotatable bonds is 5. The van der Waals surface area contributed by atoms with Gasteiger partial charge in [-0.25, -0.2) is 4.98 Å². The second-order valence-corrected chi connectivity index (χ2v) is 6.70. The molecule has 0 aliphatic carbocycles. The lowest BCUT2D eigenvalue weighted by molar-refractivity contribution is -0.116. The molecule has 142 valence electrons. The monoisotopic (exact) mass is 414 g/mol. The predicted octanol–water partition coefficient (Wildman–Crippen LogP) is 4.65. The van der Waals surface area contributed by atoms with Crippen LogP contribution in [-0.4, -0.2) is 21.8 Å². The van der Waals surface area contributed by atoms with Crippen LogP contribution in [0, 0.1) is 0 Å². The third-order valence-electron chi connectivity index (χ3n) is 3.89. The van der Waals surface area contributed by atoms with Crippen molar-refractivity contribution in [2.45, 2.75) is 13.3 Å². The molecule has 3 aromatic rings. The maximum Gasteiger partial charge on any atom is 0.229 e. The molecule has 0 spiro atoms. The lowest BCUT2D eigenvalue weighted by Gasteiger charge is -2.20. The van der Waals surface area contributed by atoms with Crippen molar-refractivity contribution in [2.75, 3.05) is 10.2 Å². The zero-order valence-electron chi connectivity index (χ0n) is 14.9. The summed E-state index contributed by atoms with van der Waals surface area (Å²) in [4.78, 5) is 34.2. The maximum atomic E-state index is 12.4. The Hall–Kier alpha value is -2.96. The number of carbonyl (C=O) groups excluding carboxylic acids is 2. The molecular weight excluding hydrogens is 399 g/mol. The molecule has 0 saturated heterocycles. The number of hydrogen-bond donors (Lipinski definition) is 1. The fraction of sp³-hybridized carbons (Fsp3) is 0.100. The molecule has 28 heavy (non-hydrogen) atoms. The molecule has 2 heterocycles. The van der Waals surface area contributed by atoms with Crippen LogP contribution in [0.15, 0.2) is 61.1 Å². The summed E-state index contributed by atoms with van der Waals surface area (Å²) in [5.74, 6) is -0.122. The molecule has 0 unspecified atom stereocenters. The lowest BCUT2D eigenvalue weighted by Crippen LogP contribution is -2.24. The first-order valence-electron chi connectivity index (χ1n) is 8.35. The fourth-order valence-corrected chi connectivity index (χ4v) is 3.18. The highest BCUT2D eigenvalue weighted by Crippen LogP contribution is 2.27. The second-order valence-electron chi connectivity index (χ2n) is 5.89. The molecule has 1 N–H and O–H groups in total. The van der Waals surface area contributed by atoms with Gasteiger partial charge in [0.1, 0.15) is 5.82 Å². The zero-order chi connectivity index (χ0) is 20.1. The van der Waals surface area contributed by atoms with Crippen molar-refractivity contribution in [3.63, 3.8) is 0 Å². The Bertz CT molecular complexity index is 992. The van der Waals surface area contributed by atoms with E-state index in [2.05, 4.69) is 15.3 Å². The predicted molar refractivity (Wildman–Crippen MR) is 110 cm³/mol. The van der Waals surface area contributed by atoms with Gasteiger partial charge in [0.15, 0.2) is 0 Å². The van der Waals surface area contributed by atoms with E-state index >= 15 is 0 Å². The number of nitrogens with one attached hydrogen (secondary N) is 1. The number of amides is 2. The number of aromatic nitrogens is 2. The van der Waals surface area contributed by atoms with E-state index in [1.165, 1.54) is 18.0 Å². The van der Waals surface area contributed by atoms with E-state index in [9.17, 15) is 9.59 Å². The highest BCUT2D eigenvalue weighted by molar-refractivity contribution is 6.36. The molecule has 2 aromatic heterocycles. The maximum absolute atomic E-state index is 12.4. The van der Waals surface area contributed by atoms with Crippen molar-refractivity contribution in [3.05, 3.63) is 76.7 Å². The minimum Gasteiger partial charge on any atom is -0.326 e. The van der Waals surface area contributed by atoms with Gasteiger partial charge in [0, 0.05) is 47.3 Å². The van der Waals surface area contributed by atoms with Crippen LogP contribution in [0.2, 0.25) is 10.0 Å². The average molecular weight is 415 g/mol. The van der Waals surface area contributed by atoms with Crippen LogP contribution in [0.5, 0.6) is 0 Å². The SMILES string of the molecule is CC(=O)N(c1ccncc1)c1cc(NC(=O)Cc2c(Cl)cccc2Cl)ccn1. The van der Waals surface area contributed by atoms with Gasteiger partial charge < -0.3 is 5.32 Å². The summed E-state index contributed by atoms with van der Waals surface area (Å²) < 4.78 is 0. The molecule has 0 aliphatic heterocycles. The smallest absolute Gasteiger partial charge is 0.229 e. The summed E-state index contributed by atoms with van der Waals surface area (Å²) in [5, 5.41) is 3.64. The van der Waals surface area contributed by atoms with Gasteiger partial charge in [0.2, 0.25) is 11.8 Å². The molecular formula is C20H16Cl2N4O2. The number of carbonyl (C=O) groups is 2. The Morgan fingerprint density at radius 3 is 2.36 bits per heavy atom. The molecule has 6 nitrogen and oxygen atoms in total. The summed E-state index contributed by atoms with van der Waals surface area (Å²) in [5.41, 5.74) is 1.68. The van der Waals surface area contributed by atoms with E-state index < -0.39 is 0 Å². The standard InChI is InChI=1S/C20H16Cl2N4O2/c1-13(27)26(15-6-8-23-9-7-15)19-11-14(5-10-24-19)25-20(28)12-16-17(21)3-2-4-18(16)22/h2-11H,12H2,1H3,(H,24,25,28). The normalized spacial score (nSPS) is 10.4. The van der Waals surface area contributed by atoms with Crippen molar-refractivity contribution in [2.24, 2.45) is 0 Å². The van der Waals surface area contributed by atoms with E-state index in [1.807, 2.05) is 0 Å². The molecule has 0 aliphatic rings. The molecule has 0 radical (unpaired) electrons. The van der Waals surface area contributed by atoms with Gasteiger partial charge in [0.05, 0.1) is 12.1 Å². The first kappa shape index (κ1) is 19.8. The van der Waals surface area contributed by atoms with Gasteiger partial charge in [-0.15, -0.1) is 0 Å². The number of pyridine rings is 2. The van der Waals surface area contributed by atoms with Crippen molar-refractivity contribution < 1.29 is 9.59 Å². The Morgan fingerprint density at radius 1 is 1.04 bits per heavy atom. The van der Waals surface area contributed by atoms with Crippen LogP contribution in [0.25, 0.3) is 0 Å². The van der Waals surface area contributed by atoms with Crippen molar-refractivity contribution in [1.82, 2.24) is 9.97 Å². The minimum atomic E-state index is -0.287. The van der Waals surface area contributed by atoms with Gasteiger partial charge >= 0.3 is 0 Å². The number of benzene rings is 1. The van der Waals surface area contributed by atoms with Crippen LogP contribution >= 0.6 is 23.2 Å². The van der Waals surface area contributed by atoms with Gasteiger partial charge in [-0.2, -0.15) is 0 Å². The molecule has 0 saturated carbocycles. The number of halogens is 2. The second kappa shape index (κ2) is 8.82. The summed E-state index contributed by atoms with van der Waals surface area (Å²) in [6.07, 6.45) is 4.72. The first-order valence-corrected chi connectivity index (χ1v) is 9.11. The topological polar surface area (TPSA) is 75.2 Å². The summed E-state index contributed by atoms with van der Waals surface area (Å²) in [6, 6.07) is 11.7. The molecule has 0 fully saturated rings. The molecule has 0 atom stereocenters. The summed E-state index contributed by atoms with van der Waals surface area (Å²) in [7, 11) is 0. The molecule has 1 aromatic carbocycles. The zero-order valence-corrected chi connectivity index (χ0v) is 16.4. The van der Waals surface area contributed by atoms with Crippen molar-refractivity contribution in [1.29, 1.82) is 0 Å². The molecule has 0 bridgehead atoms. The first-order chi connectivity index (χ1) is 13.5. The van der Waals surface area contributed by atoms with Crippen LogP contribution in [0.4, 0.5) is 17.2 Å². The van der Waals surface area contributed by atoms with Gasteiger partial charge in [-0.1, -0.05) is 29.3 Å².